The molecule has 9 heteroatoms. The molecule has 0 radical (unpaired) electrons. The number of furan rings is 1. The van der Waals surface area contributed by atoms with Gasteiger partial charge in [0, 0.05) is 0 Å². The summed E-state index contributed by atoms with van der Waals surface area (Å²) in [5, 5.41) is 10.7. The largest absolute Gasteiger partial charge is 0.502 e. The summed E-state index contributed by atoms with van der Waals surface area (Å²) in [6, 6.07) is 14.3. The molecule has 170 valence electrons. The molecule has 2 aromatic carbocycles. The number of amides is 1. The smallest absolute Gasteiger partial charge is 0.337 e. The fraction of sp³-hybridized carbons (Fsp3) is 0.167. The molecule has 1 aliphatic rings. The van der Waals surface area contributed by atoms with Crippen LogP contribution in [0, 0.1) is 6.92 Å². The van der Waals surface area contributed by atoms with Crippen molar-refractivity contribution in [3.05, 3.63) is 100 Å². The minimum atomic E-state index is -4.23. The van der Waals surface area contributed by atoms with Crippen LogP contribution < -0.4 is 0 Å². The van der Waals surface area contributed by atoms with Crippen LogP contribution in [0.25, 0.3) is 0 Å². The van der Waals surface area contributed by atoms with Gasteiger partial charge in [0.15, 0.2) is 5.76 Å². The number of benzene rings is 2. The molecule has 0 fully saturated rings. The monoisotopic (exact) mass is 467 g/mol. The Morgan fingerprint density at radius 2 is 1.76 bits per heavy atom. The molecular formula is C24H21NO7S. The van der Waals surface area contributed by atoms with Crippen LogP contribution in [0.3, 0.4) is 0 Å². The summed E-state index contributed by atoms with van der Waals surface area (Å²) in [4.78, 5) is 25.6. The lowest BCUT2D eigenvalue weighted by Crippen LogP contribution is -2.30. The first kappa shape index (κ1) is 22.3. The van der Waals surface area contributed by atoms with Crippen LogP contribution in [-0.4, -0.2) is 37.4 Å². The maximum Gasteiger partial charge on any atom is 0.337 e. The fourth-order valence-electron chi connectivity index (χ4n) is 3.73. The van der Waals surface area contributed by atoms with Crippen molar-refractivity contribution < 1.29 is 32.3 Å². The Morgan fingerprint density at radius 3 is 2.33 bits per heavy atom. The highest BCUT2D eigenvalue weighted by atomic mass is 32.2. The van der Waals surface area contributed by atoms with Gasteiger partial charge in [-0.3, -0.25) is 4.79 Å². The van der Waals surface area contributed by atoms with E-state index >= 15 is 0 Å². The van der Waals surface area contributed by atoms with Gasteiger partial charge in [-0.1, -0.05) is 29.8 Å². The second kappa shape index (κ2) is 8.59. The van der Waals surface area contributed by atoms with Gasteiger partial charge in [0.05, 0.1) is 36.4 Å². The van der Waals surface area contributed by atoms with Crippen molar-refractivity contribution in [2.45, 2.75) is 24.4 Å². The molecular weight excluding hydrogens is 446 g/mol. The number of esters is 1. The normalized spacial score (nSPS) is 16.4. The third kappa shape index (κ3) is 4.03. The molecule has 4 rings (SSSR count). The fourth-order valence-corrected chi connectivity index (χ4v) is 5.38. The van der Waals surface area contributed by atoms with E-state index in [9.17, 15) is 23.1 Å². The van der Waals surface area contributed by atoms with Gasteiger partial charge in [-0.25, -0.2) is 13.2 Å². The van der Waals surface area contributed by atoms with Gasteiger partial charge in [0.1, 0.15) is 10.7 Å². The number of aliphatic hydroxyl groups excluding tert-OH is 1. The molecule has 2 heterocycles. The van der Waals surface area contributed by atoms with E-state index in [4.69, 9.17) is 9.15 Å². The molecule has 0 bridgehead atoms. The van der Waals surface area contributed by atoms with Gasteiger partial charge in [-0.05, 0) is 48.9 Å². The molecule has 0 spiro atoms. The van der Waals surface area contributed by atoms with Crippen molar-refractivity contribution >= 4 is 21.7 Å². The summed E-state index contributed by atoms with van der Waals surface area (Å²) in [5.74, 6) is -1.81. The Balaban J connectivity index is 1.84. The first-order valence-corrected chi connectivity index (χ1v) is 11.5. The molecule has 0 saturated carbocycles. The van der Waals surface area contributed by atoms with E-state index in [0.717, 1.165) is 5.56 Å². The van der Waals surface area contributed by atoms with Gasteiger partial charge in [-0.15, -0.1) is 0 Å². The Kier molecular flexibility index (Phi) is 5.82. The third-order valence-corrected chi connectivity index (χ3v) is 7.32. The summed E-state index contributed by atoms with van der Waals surface area (Å²) in [6.45, 7) is 1.76. The highest BCUT2D eigenvalue weighted by Crippen LogP contribution is 2.43. The van der Waals surface area contributed by atoms with E-state index < -0.39 is 38.4 Å². The highest BCUT2D eigenvalue weighted by Gasteiger charge is 2.47. The molecule has 8 nitrogen and oxygen atoms in total. The number of aliphatic hydroxyl groups is 1. The zero-order chi connectivity index (χ0) is 23.8. The van der Waals surface area contributed by atoms with Crippen LogP contribution in [0.4, 0.5) is 0 Å². The Hall–Kier alpha value is -3.85. The zero-order valence-electron chi connectivity index (χ0n) is 17.9. The molecule has 3 aromatic rings. The lowest BCUT2D eigenvalue weighted by atomic mass is 10.0. The molecule has 1 aromatic heterocycles. The highest BCUT2D eigenvalue weighted by molar-refractivity contribution is 7.95. The van der Waals surface area contributed by atoms with Crippen LogP contribution >= 0.6 is 0 Å². The third-order valence-electron chi connectivity index (χ3n) is 5.43. The van der Waals surface area contributed by atoms with Gasteiger partial charge in [0.2, 0.25) is 9.84 Å². The van der Waals surface area contributed by atoms with Crippen molar-refractivity contribution in [1.29, 1.82) is 0 Å². The van der Waals surface area contributed by atoms with Crippen molar-refractivity contribution in [1.82, 2.24) is 4.90 Å². The first-order valence-electron chi connectivity index (χ1n) is 10.0. The maximum absolute atomic E-state index is 13.6. The predicted molar refractivity (Wildman–Crippen MR) is 118 cm³/mol. The minimum Gasteiger partial charge on any atom is -0.502 e. The van der Waals surface area contributed by atoms with Crippen LogP contribution in [0.5, 0.6) is 0 Å². The van der Waals surface area contributed by atoms with Crippen LogP contribution in [0.1, 0.15) is 33.3 Å². The number of carbonyl (C=O) groups excluding carboxylic acids is 2. The van der Waals surface area contributed by atoms with Crippen LogP contribution in [0.2, 0.25) is 0 Å². The van der Waals surface area contributed by atoms with Gasteiger partial charge >= 0.3 is 5.97 Å². The summed E-state index contributed by atoms with van der Waals surface area (Å²) in [5.41, 5.74) is 1.53. The van der Waals surface area contributed by atoms with E-state index in [0.29, 0.717) is 11.3 Å². The number of ether oxygens (including phenoxy) is 1. The number of rotatable bonds is 6. The number of sulfone groups is 1. The molecule has 1 aliphatic heterocycles. The lowest BCUT2D eigenvalue weighted by molar-refractivity contribution is -0.130. The Bertz CT molecular complexity index is 1320. The topological polar surface area (TPSA) is 114 Å². The second-order valence-electron chi connectivity index (χ2n) is 7.56. The number of hydrogen-bond donors (Lipinski definition) is 1. The van der Waals surface area contributed by atoms with Gasteiger partial charge in [0.25, 0.3) is 5.91 Å². The Morgan fingerprint density at radius 1 is 1.09 bits per heavy atom. The molecule has 1 unspecified atom stereocenters. The van der Waals surface area contributed by atoms with Crippen molar-refractivity contribution in [3.8, 4) is 0 Å². The minimum absolute atomic E-state index is 0.0431. The second-order valence-corrected chi connectivity index (χ2v) is 9.48. The molecule has 0 saturated heterocycles. The van der Waals surface area contributed by atoms with E-state index in [1.807, 2.05) is 6.92 Å². The molecule has 0 aliphatic carbocycles. The van der Waals surface area contributed by atoms with E-state index in [-0.39, 0.29) is 17.0 Å². The SMILES string of the molecule is COC(=O)c1ccc(C2C(S(=O)(=O)c3ccc(C)cc3)=C(O)C(=O)N2Cc2ccco2)cc1. The van der Waals surface area contributed by atoms with E-state index in [1.165, 1.54) is 54.7 Å². The average Bonchev–Trinajstić information content (AvgIpc) is 3.41. The number of methoxy groups -OCH3 is 1. The average molecular weight is 467 g/mol. The van der Waals surface area contributed by atoms with Gasteiger partial charge in [-0.2, -0.15) is 0 Å². The summed E-state index contributed by atoms with van der Waals surface area (Å²) in [7, 11) is -2.98. The first-order chi connectivity index (χ1) is 15.7. The maximum atomic E-state index is 13.6. The number of aryl methyl sites for hydroxylation is 1. The molecule has 1 atom stereocenters. The lowest BCUT2D eigenvalue weighted by Gasteiger charge is -2.26. The molecule has 1 N–H and O–H groups in total. The standard InChI is InChI=1S/C24H21NO7S/c1-15-5-11-19(12-6-15)33(29,30)22-20(16-7-9-17(10-8-16)24(28)31-2)25(23(27)21(22)26)14-18-4-3-13-32-18/h3-13,20,26H,14H2,1-2H3. The van der Waals surface area contributed by atoms with E-state index in [1.54, 1.807) is 24.3 Å². The zero-order valence-corrected chi connectivity index (χ0v) is 18.7. The summed E-state index contributed by atoms with van der Waals surface area (Å²) in [6.07, 6.45) is 1.44. The van der Waals surface area contributed by atoms with E-state index in [2.05, 4.69) is 0 Å². The number of hydrogen-bond acceptors (Lipinski definition) is 7. The van der Waals surface area contributed by atoms with Crippen molar-refractivity contribution in [3.63, 3.8) is 0 Å². The number of nitrogens with zero attached hydrogens (tertiary/aromatic N) is 1. The number of carbonyl (C=O) groups is 2. The predicted octanol–water partition coefficient (Wildman–Crippen LogP) is 3.70. The molecule has 33 heavy (non-hydrogen) atoms. The quantitative estimate of drug-likeness (QED) is 0.550. The Labute approximate surface area is 190 Å². The summed E-state index contributed by atoms with van der Waals surface area (Å²) < 4.78 is 37.2. The van der Waals surface area contributed by atoms with Crippen LogP contribution in [0.15, 0.2) is 86.9 Å². The van der Waals surface area contributed by atoms with Crippen molar-refractivity contribution in [2.75, 3.05) is 7.11 Å². The van der Waals surface area contributed by atoms with Gasteiger partial charge < -0.3 is 19.2 Å². The molecule has 1 amide bonds. The van der Waals surface area contributed by atoms with Crippen molar-refractivity contribution in [2.24, 2.45) is 0 Å². The summed E-state index contributed by atoms with van der Waals surface area (Å²) >= 11 is 0. The van der Waals surface area contributed by atoms with Crippen LogP contribution in [-0.2, 0) is 25.9 Å².